The van der Waals surface area contributed by atoms with Gasteiger partial charge in [0, 0.05) is 12.1 Å². The molecule has 0 saturated heterocycles. The Balaban J connectivity index is 1.44. The number of carbonyl (C=O) groups is 1. The van der Waals surface area contributed by atoms with Gasteiger partial charge in [-0.15, -0.1) is 0 Å². The predicted octanol–water partition coefficient (Wildman–Crippen LogP) is 3.91. The Bertz CT molecular complexity index is 1310. The van der Waals surface area contributed by atoms with Crippen molar-refractivity contribution in [3.8, 4) is 0 Å². The van der Waals surface area contributed by atoms with Crippen LogP contribution < -0.4 is 15.6 Å². The molecule has 1 fully saturated rings. The molecule has 34 heavy (non-hydrogen) atoms. The van der Waals surface area contributed by atoms with Gasteiger partial charge in [-0.3, -0.25) is 9.36 Å². The van der Waals surface area contributed by atoms with Crippen LogP contribution in [-0.4, -0.2) is 30.0 Å². The lowest BCUT2D eigenvalue weighted by atomic mass is 9.96. The Morgan fingerprint density at radius 2 is 1.79 bits per heavy atom. The zero-order valence-corrected chi connectivity index (χ0v) is 20.1. The zero-order valence-electron chi connectivity index (χ0n) is 19.2. The van der Waals surface area contributed by atoms with Crippen LogP contribution in [0.2, 0.25) is 0 Å². The van der Waals surface area contributed by atoms with Crippen molar-refractivity contribution in [3.63, 3.8) is 0 Å². The summed E-state index contributed by atoms with van der Waals surface area (Å²) in [5, 5.41) is 3.33. The van der Waals surface area contributed by atoms with Gasteiger partial charge in [-0.1, -0.05) is 50.5 Å². The number of amides is 2. The largest absolute Gasteiger partial charge is 0.335 e. The predicted molar refractivity (Wildman–Crippen MR) is 131 cm³/mol. The van der Waals surface area contributed by atoms with Gasteiger partial charge in [0.15, 0.2) is 0 Å². The number of hydrogen-bond donors (Lipinski definition) is 2. The van der Waals surface area contributed by atoms with Crippen molar-refractivity contribution in [1.82, 2.24) is 19.6 Å². The number of rotatable bonds is 7. The second-order valence-electron chi connectivity index (χ2n) is 8.80. The molecule has 1 heterocycles. The fourth-order valence-corrected chi connectivity index (χ4v) is 5.42. The Morgan fingerprint density at radius 3 is 2.50 bits per heavy atom. The Morgan fingerprint density at radius 1 is 1.09 bits per heavy atom. The minimum absolute atomic E-state index is 0.0188. The maximum atomic E-state index is 12.9. The third-order valence-electron chi connectivity index (χ3n) is 6.43. The van der Waals surface area contributed by atoms with E-state index in [9.17, 15) is 18.0 Å². The van der Waals surface area contributed by atoms with Crippen LogP contribution in [0.4, 0.5) is 4.79 Å². The third-order valence-corrected chi connectivity index (χ3v) is 7.77. The van der Waals surface area contributed by atoms with Gasteiger partial charge in [-0.2, -0.15) is 0 Å². The Labute approximate surface area is 199 Å². The van der Waals surface area contributed by atoms with Gasteiger partial charge in [0.05, 0.1) is 22.1 Å². The molecule has 1 aliphatic rings. The van der Waals surface area contributed by atoms with Crippen molar-refractivity contribution in [3.05, 3.63) is 70.8 Å². The van der Waals surface area contributed by atoms with Crippen LogP contribution in [-0.2, 0) is 16.4 Å². The first kappa shape index (κ1) is 23.9. The van der Waals surface area contributed by atoms with E-state index in [0.717, 1.165) is 37.7 Å². The fraction of sp³-hybridized carbons (Fsp3) is 0.400. The van der Waals surface area contributed by atoms with Gasteiger partial charge in [0.2, 0.25) is 0 Å². The molecule has 0 radical (unpaired) electrons. The number of urea groups is 1. The van der Waals surface area contributed by atoms with E-state index in [1.807, 2.05) is 25.1 Å². The second kappa shape index (κ2) is 10.4. The molecule has 1 aromatic heterocycles. The molecule has 1 saturated carbocycles. The van der Waals surface area contributed by atoms with Crippen molar-refractivity contribution < 1.29 is 13.2 Å². The highest BCUT2D eigenvalue weighted by Crippen LogP contribution is 2.20. The standard InChI is InChI=1S/C25H30N4O4S/c1-2-20(29-17-26-23-11-7-6-10-22(23)24(29)30)16-18-12-14-21(15-13-18)34(32,33)28-25(31)27-19-8-4-3-5-9-19/h6-7,10-15,17,19-20H,2-5,8-9,16H2,1H3,(H2,27,28,31). The molecule has 8 nitrogen and oxygen atoms in total. The lowest BCUT2D eigenvalue weighted by Gasteiger charge is -2.22. The number of para-hydroxylation sites is 1. The smallest absolute Gasteiger partial charge is 0.328 e. The van der Waals surface area contributed by atoms with Gasteiger partial charge >= 0.3 is 6.03 Å². The number of nitrogens with zero attached hydrogens (tertiary/aromatic N) is 2. The highest BCUT2D eigenvalue weighted by Gasteiger charge is 2.21. The highest BCUT2D eigenvalue weighted by molar-refractivity contribution is 7.90. The molecule has 0 bridgehead atoms. The fourth-order valence-electron chi connectivity index (χ4n) is 4.50. The monoisotopic (exact) mass is 482 g/mol. The van der Waals surface area contributed by atoms with E-state index in [1.54, 1.807) is 29.1 Å². The van der Waals surface area contributed by atoms with Crippen LogP contribution in [0, 0.1) is 0 Å². The second-order valence-corrected chi connectivity index (χ2v) is 10.5. The molecular formula is C25H30N4O4S. The van der Waals surface area contributed by atoms with E-state index in [4.69, 9.17) is 0 Å². The first-order valence-corrected chi connectivity index (χ1v) is 13.2. The molecule has 9 heteroatoms. The van der Waals surface area contributed by atoms with E-state index in [2.05, 4.69) is 15.0 Å². The molecule has 180 valence electrons. The minimum atomic E-state index is -3.97. The van der Waals surface area contributed by atoms with Crippen molar-refractivity contribution in [2.45, 2.75) is 68.8 Å². The molecular weight excluding hydrogens is 452 g/mol. The molecule has 2 N–H and O–H groups in total. The summed E-state index contributed by atoms with van der Waals surface area (Å²) in [5.41, 5.74) is 1.45. The van der Waals surface area contributed by atoms with E-state index in [0.29, 0.717) is 23.7 Å². The van der Waals surface area contributed by atoms with Gasteiger partial charge in [-0.05, 0) is 55.5 Å². The number of aromatic nitrogens is 2. The number of fused-ring (bicyclic) bond motifs is 1. The lowest BCUT2D eigenvalue weighted by molar-refractivity contribution is 0.237. The molecule has 2 aromatic carbocycles. The quantitative estimate of drug-likeness (QED) is 0.531. The highest BCUT2D eigenvalue weighted by atomic mass is 32.2. The van der Waals surface area contributed by atoms with Crippen molar-refractivity contribution >= 4 is 27.0 Å². The molecule has 4 rings (SSSR count). The van der Waals surface area contributed by atoms with Crippen molar-refractivity contribution in [2.24, 2.45) is 0 Å². The number of hydrogen-bond acceptors (Lipinski definition) is 5. The average Bonchev–Trinajstić information content (AvgIpc) is 2.84. The van der Waals surface area contributed by atoms with Gasteiger partial charge in [-0.25, -0.2) is 22.9 Å². The van der Waals surface area contributed by atoms with Gasteiger partial charge in [0.1, 0.15) is 0 Å². The summed E-state index contributed by atoms with van der Waals surface area (Å²) in [6.45, 7) is 2.00. The van der Waals surface area contributed by atoms with E-state index >= 15 is 0 Å². The molecule has 0 aliphatic heterocycles. The number of carbonyl (C=O) groups excluding carboxylic acids is 1. The topological polar surface area (TPSA) is 110 Å². The van der Waals surface area contributed by atoms with Crippen LogP contribution in [0.3, 0.4) is 0 Å². The van der Waals surface area contributed by atoms with Crippen molar-refractivity contribution in [1.29, 1.82) is 0 Å². The summed E-state index contributed by atoms with van der Waals surface area (Å²) in [5.74, 6) is 0. The first-order chi connectivity index (χ1) is 16.4. The summed E-state index contributed by atoms with van der Waals surface area (Å²) in [7, 11) is -3.97. The number of benzene rings is 2. The molecule has 0 spiro atoms. The first-order valence-electron chi connectivity index (χ1n) is 11.8. The van der Waals surface area contributed by atoms with Crippen LogP contribution in [0.15, 0.2) is 64.5 Å². The van der Waals surface area contributed by atoms with Gasteiger partial charge in [0.25, 0.3) is 15.6 Å². The summed E-state index contributed by atoms with van der Waals surface area (Å²) in [6, 6.07) is 12.9. The Hall–Kier alpha value is -3.20. The summed E-state index contributed by atoms with van der Waals surface area (Å²) >= 11 is 0. The van der Waals surface area contributed by atoms with Crippen molar-refractivity contribution in [2.75, 3.05) is 0 Å². The lowest BCUT2D eigenvalue weighted by Crippen LogP contribution is -2.45. The Kier molecular flexibility index (Phi) is 7.31. The SMILES string of the molecule is CCC(Cc1ccc(S(=O)(=O)NC(=O)NC2CCCCC2)cc1)n1cnc2ccccc2c1=O. The van der Waals surface area contributed by atoms with E-state index in [-0.39, 0.29) is 22.5 Å². The summed E-state index contributed by atoms with van der Waals surface area (Å²) < 4.78 is 29.0. The van der Waals surface area contributed by atoms with Crippen LogP contribution >= 0.6 is 0 Å². The zero-order chi connectivity index (χ0) is 24.1. The number of sulfonamides is 1. The van der Waals surface area contributed by atoms with E-state index < -0.39 is 16.1 Å². The van der Waals surface area contributed by atoms with Crippen LogP contribution in [0.5, 0.6) is 0 Å². The van der Waals surface area contributed by atoms with Crippen LogP contribution in [0.1, 0.15) is 57.1 Å². The van der Waals surface area contributed by atoms with Crippen LogP contribution in [0.25, 0.3) is 10.9 Å². The van der Waals surface area contributed by atoms with Gasteiger partial charge < -0.3 is 5.32 Å². The maximum Gasteiger partial charge on any atom is 0.328 e. The molecule has 2 amide bonds. The normalized spacial score (nSPS) is 15.7. The summed E-state index contributed by atoms with van der Waals surface area (Å²) in [4.78, 5) is 29.6. The molecule has 1 atom stereocenters. The van der Waals surface area contributed by atoms with E-state index in [1.165, 1.54) is 12.1 Å². The molecule has 1 unspecified atom stereocenters. The third kappa shape index (κ3) is 5.47. The summed E-state index contributed by atoms with van der Waals surface area (Å²) in [6.07, 6.45) is 7.81. The molecule has 1 aliphatic carbocycles. The average molecular weight is 483 g/mol. The maximum absolute atomic E-state index is 12.9. The minimum Gasteiger partial charge on any atom is -0.335 e. The number of nitrogens with one attached hydrogen (secondary N) is 2. The molecule has 3 aromatic rings.